The summed E-state index contributed by atoms with van der Waals surface area (Å²) < 4.78 is 31.1. The monoisotopic (exact) mass is 230 g/mol. The van der Waals surface area contributed by atoms with Crippen LogP contribution in [0.25, 0.3) is 0 Å². The van der Waals surface area contributed by atoms with E-state index in [1.165, 1.54) is 0 Å². The second-order valence-electron chi connectivity index (χ2n) is 3.13. The molecule has 0 radical (unpaired) electrons. The van der Waals surface area contributed by atoms with Gasteiger partial charge >= 0.3 is 0 Å². The molecule has 0 aliphatic carbocycles. The molecule has 0 atom stereocenters. The third-order valence-electron chi connectivity index (χ3n) is 1.84. The lowest BCUT2D eigenvalue weighted by Gasteiger charge is -1.96. The number of pyridine rings is 1. The van der Waals surface area contributed by atoms with Gasteiger partial charge in [-0.05, 0) is 6.07 Å². The van der Waals surface area contributed by atoms with Crippen LogP contribution < -0.4 is 4.57 Å². The minimum Gasteiger partial charge on any atom is -0.298 e. The van der Waals surface area contributed by atoms with Crippen LogP contribution in [0.1, 0.15) is 16.8 Å². The number of carbonyl (C=O) groups is 1. The third kappa shape index (κ3) is 4.66. The van der Waals surface area contributed by atoms with Crippen LogP contribution in [-0.4, -0.2) is 25.0 Å². The zero-order chi connectivity index (χ0) is 11.3. The zero-order valence-corrected chi connectivity index (χ0v) is 8.85. The van der Waals surface area contributed by atoms with E-state index in [0.717, 1.165) is 6.29 Å². The molecule has 1 heterocycles. The normalized spacial score (nSPS) is 11.3. The summed E-state index contributed by atoms with van der Waals surface area (Å²) in [4.78, 5) is 10.4. The maximum absolute atomic E-state index is 10.4. The molecule has 0 aliphatic heterocycles. The molecule has 0 aromatic carbocycles. The van der Waals surface area contributed by atoms with Crippen molar-refractivity contribution in [2.24, 2.45) is 0 Å². The standard InChI is InChI=1S/C9H11NO4S/c11-8-9-3-1-4-10(7-9)5-2-6-15(12,13)14/h1,3-4,7-8H,2,5-6H2/p+1. The highest BCUT2D eigenvalue weighted by molar-refractivity contribution is 7.85. The van der Waals surface area contributed by atoms with Gasteiger partial charge < -0.3 is 0 Å². The lowest BCUT2D eigenvalue weighted by Crippen LogP contribution is -2.34. The molecule has 5 nitrogen and oxygen atoms in total. The van der Waals surface area contributed by atoms with Crippen molar-refractivity contribution in [1.29, 1.82) is 0 Å². The number of rotatable bonds is 5. The second-order valence-corrected chi connectivity index (χ2v) is 4.70. The van der Waals surface area contributed by atoms with Crippen molar-refractivity contribution in [1.82, 2.24) is 0 Å². The van der Waals surface area contributed by atoms with Crippen molar-refractivity contribution < 1.29 is 22.3 Å². The van der Waals surface area contributed by atoms with Gasteiger partial charge in [-0.2, -0.15) is 8.42 Å². The van der Waals surface area contributed by atoms with Gasteiger partial charge in [0, 0.05) is 12.5 Å². The Morgan fingerprint density at radius 3 is 2.80 bits per heavy atom. The maximum Gasteiger partial charge on any atom is 0.265 e. The van der Waals surface area contributed by atoms with Gasteiger partial charge in [0.15, 0.2) is 18.7 Å². The Morgan fingerprint density at radius 1 is 1.47 bits per heavy atom. The van der Waals surface area contributed by atoms with Crippen LogP contribution in [0.4, 0.5) is 0 Å². The summed E-state index contributed by atoms with van der Waals surface area (Å²) in [7, 11) is -3.89. The number of hydrogen-bond donors (Lipinski definition) is 1. The van der Waals surface area contributed by atoms with Gasteiger partial charge in [-0.1, -0.05) is 0 Å². The number of carbonyl (C=O) groups excluding carboxylic acids is 1. The fraction of sp³-hybridized carbons (Fsp3) is 0.333. The minimum absolute atomic E-state index is 0.273. The van der Waals surface area contributed by atoms with E-state index < -0.39 is 10.1 Å². The summed E-state index contributed by atoms with van der Waals surface area (Å²) >= 11 is 0. The number of aryl methyl sites for hydroxylation is 1. The number of aromatic nitrogens is 1. The molecule has 0 saturated carbocycles. The van der Waals surface area contributed by atoms with E-state index in [2.05, 4.69) is 0 Å². The number of hydrogen-bond acceptors (Lipinski definition) is 3. The molecule has 0 saturated heterocycles. The van der Waals surface area contributed by atoms with Crippen molar-refractivity contribution >= 4 is 16.4 Å². The Bertz CT molecular complexity index is 441. The van der Waals surface area contributed by atoms with E-state index in [-0.39, 0.29) is 5.75 Å². The fourth-order valence-corrected chi connectivity index (χ4v) is 1.67. The van der Waals surface area contributed by atoms with Crippen molar-refractivity contribution in [3.8, 4) is 0 Å². The lowest BCUT2D eigenvalue weighted by molar-refractivity contribution is -0.696. The summed E-state index contributed by atoms with van der Waals surface area (Å²) in [5, 5.41) is 0. The highest BCUT2D eigenvalue weighted by atomic mass is 32.2. The lowest BCUT2D eigenvalue weighted by atomic mass is 10.3. The topological polar surface area (TPSA) is 75.3 Å². The number of nitrogens with zero attached hydrogens (tertiary/aromatic N) is 1. The molecule has 1 N–H and O–H groups in total. The molecule has 0 spiro atoms. The van der Waals surface area contributed by atoms with Crippen LogP contribution in [0.15, 0.2) is 24.5 Å². The predicted octanol–water partition coefficient (Wildman–Crippen LogP) is 0.0645. The largest absolute Gasteiger partial charge is 0.298 e. The van der Waals surface area contributed by atoms with Gasteiger partial charge in [0.25, 0.3) is 10.1 Å². The van der Waals surface area contributed by atoms with Crippen LogP contribution in [0.3, 0.4) is 0 Å². The van der Waals surface area contributed by atoms with Gasteiger partial charge in [0.1, 0.15) is 6.54 Å². The molecule has 0 unspecified atom stereocenters. The van der Waals surface area contributed by atoms with Gasteiger partial charge in [-0.3, -0.25) is 9.35 Å². The quantitative estimate of drug-likeness (QED) is 0.441. The summed E-state index contributed by atoms with van der Waals surface area (Å²) in [5.74, 6) is -0.273. The molecular weight excluding hydrogens is 218 g/mol. The molecule has 0 aliphatic rings. The first-order chi connectivity index (χ1) is 7.01. The average Bonchev–Trinajstić information content (AvgIpc) is 2.16. The minimum atomic E-state index is -3.89. The highest BCUT2D eigenvalue weighted by Gasteiger charge is 2.07. The first kappa shape index (κ1) is 11.8. The smallest absolute Gasteiger partial charge is 0.265 e. The summed E-state index contributed by atoms with van der Waals surface area (Å²) in [5.41, 5.74) is 0.532. The third-order valence-corrected chi connectivity index (χ3v) is 2.64. The molecule has 0 bridgehead atoms. The summed E-state index contributed by atoms with van der Waals surface area (Å²) in [6.45, 7) is 0.446. The molecule has 0 amide bonds. The molecule has 82 valence electrons. The summed E-state index contributed by atoms with van der Waals surface area (Å²) in [6, 6.07) is 3.36. The van der Waals surface area contributed by atoms with Crippen molar-refractivity contribution in [2.45, 2.75) is 13.0 Å². The molecule has 1 aromatic rings. The van der Waals surface area contributed by atoms with E-state index >= 15 is 0 Å². The maximum atomic E-state index is 10.4. The first-order valence-corrected chi connectivity index (χ1v) is 6.01. The molecule has 15 heavy (non-hydrogen) atoms. The van der Waals surface area contributed by atoms with Crippen LogP contribution >= 0.6 is 0 Å². The summed E-state index contributed by atoms with van der Waals surface area (Å²) in [6.07, 6.45) is 4.39. The van der Waals surface area contributed by atoms with E-state index in [9.17, 15) is 13.2 Å². The zero-order valence-electron chi connectivity index (χ0n) is 8.04. The van der Waals surface area contributed by atoms with E-state index in [0.29, 0.717) is 18.5 Å². The van der Waals surface area contributed by atoms with Gasteiger partial charge in [-0.15, -0.1) is 0 Å². The predicted molar refractivity (Wildman–Crippen MR) is 53.1 cm³/mol. The molecule has 1 rings (SSSR count). The Balaban J connectivity index is 2.54. The molecule has 0 fully saturated rings. The van der Waals surface area contributed by atoms with Crippen molar-refractivity contribution in [2.75, 3.05) is 5.75 Å². The molecule has 1 aromatic heterocycles. The van der Waals surface area contributed by atoms with Gasteiger partial charge in [0.2, 0.25) is 0 Å². The van der Waals surface area contributed by atoms with Gasteiger partial charge in [-0.25, -0.2) is 4.57 Å². The number of aldehydes is 1. The van der Waals surface area contributed by atoms with Gasteiger partial charge in [0.05, 0.1) is 11.3 Å². The van der Waals surface area contributed by atoms with Crippen LogP contribution in [0.2, 0.25) is 0 Å². The Hall–Kier alpha value is -1.27. The van der Waals surface area contributed by atoms with Crippen LogP contribution in [0, 0.1) is 0 Å². The Labute approximate surface area is 88.1 Å². The Kier molecular flexibility index (Phi) is 3.93. The second kappa shape index (κ2) is 4.99. The average molecular weight is 230 g/mol. The van der Waals surface area contributed by atoms with E-state index in [1.807, 2.05) is 0 Å². The molecule has 6 heteroatoms. The van der Waals surface area contributed by atoms with E-state index in [4.69, 9.17) is 4.55 Å². The SMILES string of the molecule is O=Cc1ccc[n+](CCCS(=O)(=O)O)c1. The van der Waals surface area contributed by atoms with Crippen molar-refractivity contribution in [3.05, 3.63) is 30.1 Å². The molecular formula is C9H12NO4S+. The first-order valence-electron chi connectivity index (χ1n) is 4.41. The Morgan fingerprint density at radius 2 is 2.20 bits per heavy atom. The highest BCUT2D eigenvalue weighted by Crippen LogP contribution is 1.91. The van der Waals surface area contributed by atoms with Crippen molar-refractivity contribution in [3.63, 3.8) is 0 Å². The van der Waals surface area contributed by atoms with Crippen LogP contribution in [-0.2, 0) is 16.7 Å². The van der Waals surface area contributed by atoms with Crippen LogP contribution in [0.5, 0.6) is 0 Å². The van der Waals surface area contributed by atoms with E-state index in [1.54, 1.807) is 29.1 Å². The fourth-order valence-electron chi connectivity index (χ4n) is 1.18.